The third kappa shape index (κ3) is 1.64. The van der Waals surface area contributed by atoms with Crippen molar-refractivity contribution in [2.24, 2.45) is 0 Å². The van der Waals surface area contributed by atoms with Gasteiger partial charge in [-0.3, -0.25) is 4.79 Å². The zero-order valence-electron chi connectivity index (χ0n) is 6.47. The molecule has 0 spiro atoms. The number of halogens is 2. The van der Waals surface area contributed by atoms with Crippen LogP contribution in [0, 0.1) is 0 Å². The number of allylic oxidation sites excluding steroid dienone is 2. The van der Waals surface area contributed by atoms with E-state index in [1.54, 1.807) is 0 Å². The topological polar surface area (TPSA) is 37.3 Å². The maximum Gasteiger partial charge on any atom is 0.165 e. The van der Waals surface area contributed by atoms with Crippen molar-refractivity contribution in [2.45, 2.75) is 18.9 Å². The van der Waals surface area contributed by atoms with Gasteiger partial charge in [0.1, 0.15) is 11.4 Å². The molecule has 1 rings (SSSR count). The van der Waals surface area contributed by atoms with Crippen LogP contribution in [0.25, 0.3) is 0 Å². The van der Waals surface area contributed by atoms with E-state index < -0.39 is 17.2 Å². The van der Waals surface area contributed by atoms with Crippen LogP contribution in [-0.4, -0.2) is 16.5 Å². The SMILES string of the molecule is CC(=O)[C@@]1(O)C=CC(Br)=C(F)C1. The lowest BCUT2D eigenvalue weighted by molar-refractivity contribution is -0.130. The molecular weight excluding hydrogens is 227 g/mol. The molecule has 0 aromatic heterocycles. The first kappa shape index (κ1) is 9.61. The van der Waals surface area contributed by atoms with Crippen molar-refractivity contribution in [2.75, 3.05) is 0 Å². The van der Waals surface area contributed by atoms with Gasteiger partial charge in [-0.2, -0.15) is 0 Å². The fourth-order valence-electron chi connectivity index (χ4n) is 0.923. The number of aliphatic hydroxyl groups is 1. The second-order valence-electron chi connectivity index (χ2n) is 2.74. The van der Waals surface area contributed by atoms with E-state index in [1.165, 1.54) is 19.1 Å². The fourth-order valence-corrected chi connectivity index (χ4v) is 1.20. The van der Waals surface area contributed by atoms with Gasteiger partial charge in [0.05, 0.1) is 0 Å². The maximum absolute atomic E-state index is 12.9. The van der Waals surface area contributed by atoms with E-state index in [0.717, 1.165) is 0 Å². The summed E-state index contributed by atoms with van der Waals surface area (Å²) >= 11 is 2.95. The normalized spacial score (nSPS) is 29.3. The Morgan fingerprint density at radius 1 is 1.83 bits per heavy atom. The van der Waals surface area contributed by atoms with Crippen molar-refractivity contribution in [3.05, 3.63) is 22.5 Å². The van der Waals surface area contributed by atoms with Crippen LogP contribution in [-0.2, 0) is 4.79 Å². The molecule has 0 bridgehead atoms. The predicted octanol–water partition coefficient (Wildman–Crippen LogP) is 1.84. The van der Waals surface area contributed by atoms with Crippen molar-refractivity contribution >= 4 is 21.7 Å². The molecule has 0 unspecified atom stereocenters. The van der Waals surface area contributed by atoms with Gasteiger partial charge < -0.3 is 5.11 Å². The highest BCUT2D eigenvalue weighted by Gasteiger charge is 2.33. The van der Waals surface area contributed by atoms with Gasteiger partial charge in [0.2, 0.25) is 0 Å². The van der Waals surface area contributed by atoms with E-state index in [-0.39, 0.29) is 10.9 Å². The standard InChI is InChI=1S/C8H8BrFO2/c1-5(11)8(12)3-2-6(9)7(10)4-8/h2-3,12H,4H2,1H3/t8-/m1/s1. The first-order valence-corrected chi connectivity index (χ1v) is 4.22. The Morgan fingerprint density at radius 3 is 2.83 bits per heavy atom. The highest BCUT2D eigenvalue weighted by Crippen LogP contribution is 2.31. The molecule has 0 radical (unpaired) electrons. The Balaban J connectivity index is 2.94. The molecule has 0 aromatic rings. The maximum atomic E-state index is 12.9. The lowest BCUT2D eigenvalue weighted by atomic mass is 9.91. The molecule has 4 heteroatoms. The highest BCUT2D eigenvalue weighted by molar-refractivity contribution is 9.11. The molecule has 0 saturated heterocycles. The Bertz CT molecular complexity index is 283. The van der Waals surface area contributed by atoms with Gasteiger partial charge in [0.15, 0.2) is 5.78 Å². The first-order valence-electron chi connectivity index (χ1n) is 3.42. The molecule has 1 N–H and O–H groups in total. The lowest BCUT2D eigenvalue weighted by Gasteiger charge is -2.23. The minimum Gasteiger partial charge on any atom is -0.377 e. The summed E-state index contributed by atoms with van der Waals surface area (Å²) in [6.07, 6.45) is 2.36. The van der Waals surface area contributed by atoms with E-state index in [1.807, 2.05) is 0 Å². The van der Waals surface area contributed by atoms with Crippen molar-refractivity contribution in [1.82, 2.24) is 0 Å². The third-order valence-corrected chi connectivity index (χ3v) is 2.49. The van der Waals surface area contributed by atoms with Crippen LogP contribution in [0.3, 0.4) is 0 Å². The summed E-state index contributed by atoms with van der Waals surface area (Å²) in [7, 11) is 0. The van der Waals surface area contributed by atoms with Crippen molar-refractivity contribution in [1.29, 1.82) is 0 Å². The van der Waals surface area contributed by atoms with E-state index >= 15 is 0 Å². The molecule has 0 amide bonds. The molecule has 0 aromatic carbocycles. The number of hydrogen-bond donors (Lipinski definition) is 1. The second kappa shape index (κ2) is 3.11. The number of Topliss-reactive ketones (excluding diaryl/α,β-unsaturated/α-hetero) is 1. The number of carbonyl (C=O) groups is 1. The largest absolute Gasteiger partial charge is 0.377 e. The molecule has 1 aliphatic rings. The first-order chi connectivity index (χ1) is 5.46. The zero-order valence-corrected chi connectivity index (χ0v) is 8.06. The average molecular weight is 235 g/mol. The van der Waals surface area contributed by atoms with Gasteiger partial charge in [0.25, 0.3) is 0 Å². The summed E-state index contributed by atoms with van der Waals surface area (Å²) in [5.41, 5.74) is -1.65. The van der Waals surface area contributed by atoms with Gasteiger partial charge >= 0.3 is 0 Å². The van der Waals surface area contributed by atoms with Crippen LogP contribution in [0.15, 0.2) is 22.5 Å². The Hall–Kier alpha value is -0.480. The van der Waals surface area contributed by atoms with Gasteiger partial charge in [-0.05, 0) is 35.0 Å². The quantitative estimate of drug-likeness (QED) is 0.752. The molecule has 0 fully saturated rings. The molecule has 0 saturated carbocycles. The molecule has 1 atom stereocenters. The summed E-state index contributed by atoms with van der Waals surface area (Å²) in [6.45, 7) is 1.23. The van der Waals surface area contributed by atoms with E-state index in [9.17, 15) is 14.3 Å². The van der Waals surface area contributed by atoms with Crippen molar-refractivity contribution in [3.63, 3.8) is 0 Å². The van der Waals surface area contributed by atoms with Crippen LogP contribution in [0.5, 0.6) is 0 Å². The summed E-state index contributed by atoms with van der Waals surface area (Å²) in [4.78, 5) is 10.9. The number of rotatable bonds is 1. The average Bonchev–Trinajstić information content (AvgIpc) is 1.97. The summed E-state index contributed by atoms with van der Waals surface area (Å²) in [6, 6.07) is 0. The number of hydrogen-bond acceptors (Lipinski definition) is 2. The van der Waals surface area contributed by atoms with Gasteiger partial charge in [-0.1, -0.05) is 0 Å². The smallest absolute Gasteiger partial charge is 0.165 e. The van der Waals surface area contributed by atoms with Gasteiger partial charge in [-0.25, -0.2) is 4.39 Å². The van der Waals surface area contributed by atoms with E-state index in [2.05, 4.69) is 15.9 Å². The molecule has 1 aliphatic carbocycles. The minimum absolute atomic E-state index is 0.278. The summed E-state index contributed by atoms with van der Waals surface area (Å²) < 4.78 is 13.2. The van der Waals surface area contributed by atoms with Gasteiger partial charge in [0, 0.05) is 10.9 Å². The molecule has 12 heavy (non-hydrogen) atoms. The van der Waals surface area contributed by atoms with Crippen LogP contribution < -0.4 is 0 Å². The number of carbonyl (C=O) groups excluding carboxylic acids is 1. The predicted molar refractivity (Wildman–Crippen MR) is 46.4 cm³/mol. The van der Waals surface area contributed by atoms with Gasteiger partial charge in [-0.15, -0.1) is 0 Å². The van der Waals surface area contributed by atoms with E-state index in [4.69, 9.17) is 0 Å². The number of ketones is 1. The van der Waals surface area contributed by atoms with Crippen molar-refractivity contribution < 1.29 is 14.3 Å². The lowest BCUT2D eigenvalue weighted by Crippen LogP contribution is -2.35. The highest BCUT2D eigenvalue weighted by atomic mass is 79.9. The summed E-state index contributed by atoms with van der Waals surface area (Å²) in [5, 5.41) is 9.51. The Labute approximate surface area is 77.9 Å². The van der Waals surface area contributed by atoms with Crippen LogP contribution in [0.1, 0.15) is 13.3 Å². The molecule has 0 heterocycles. The Kier molecular flexibility index (Phi) is 2.49. The summed E-state index contributed by atoms with van der Waals surface area (Å²) in [5.74, 6) is -0.955. The van der Waals surface area contributed by atoms with Crippen LogP contribution in [0.4, 0.5) is 4.39 Å². The monoisotopic (exact) mass is 234 g/mol. The van der Waals surface area contributed by atoms with Crippen LogP contribution in [0.2, 0.25) is 0 Å². The zero-order chi connectivity index (χ0) is 9.35. The Morgan fingerprint density at radius 2 is 2.42 bits per heavy atom. The molecular formula is C8H8BrFO2. The second-order valence-corrected chi connectivity index (χ2v) is 3.60. The van der Waals surface area contributed by atoms with E-state index in [0.29, 0.717) is 0 Å². The fraction of sp³-hybridized carbons (Fsp3) is 0.375. The minimum atomic E-state index is -1.65. The molecule has 2 nitrogen and oxygen atoms in total. The third-order valence-electron chi connectivity index (χ3n) is 1.80. The molecule has 66 valence electrons. The molecule has 0 aliphatic heterocycles. The van der Waals surface area contributed by atoms with Crippen molar-refractivity contribution in [3.8, 4) is 0 Å². The van der Waals surface area contributed by atoms with Crippen LogP contribution >= 0.6 is 15.9 Å².